The molecule has 1 N–H and O–H groups in total. The second-order valence-corrected chi connectivity index (χ2v) is 12.0. The zero-order valence-corrected chi connectivity index (χ0v) is 28.7. The Kier molecular flexibility index (Phi) is 15.1. The number of rotatable bonds is 14. The molecule has 1 unspecified atom stereocenters. The lowest BCUT2D eigenvalue weighted by Crippen LogP contribution is -2.34. The third kappa shape index (κ3) is 12.7. The summed E-state index contributed by atoms with van der Waals surface area (Å²) in [6.07, 6.45) is 10.3. The fraction of sp³-hybridized carbons (Fsp3) is 0.333. The first kappa shape index (κ1) is 36.0. The Hall–Kier alpha value is -3.82. The minimum Gasteiger partial charge on any atom is -0.479 e. The van der Waals surface area contributed by atoms with Crippen molar-refractivity contribution < 1.29 is 28.5 Å². The van der Waals surface area contributed by atoms with Gasteiger partial charge in [0.05, 0.1) is 32.0 Å². The number of alkyl halides is 1. The summed E-state index contributed by atoms with van der Waals surface area (Å²) in [4.78, 5) is 16.3. The van der Waals surface area contributed by atoms with Gasteiger partial charge in [-0.1, -0.05) is 119 Å². The lowest BCUT2D eigenvalue weighted by molar-refractivity contribution is -0.156. The Morgan fingerprint density at radius 3 is 2.23 bits per heavy atom. The fourth-order valence-electron chi connectivity index (χ4n) is 5.14. The predicted molar refractivity (Wildman–Crippen MR) is 190 cm³/mol. The topological polar surface area (TPSA) is 91.0 Å². The number of aromatic nitrogens is 1. The molecule has 5 rings (SSSR count). The van der Waals surface area contributed by atoms with E-state index in [9.17, 15) is 9.90 Å². The van der Waals surface area contributed by atoms with E-state index in [1.165, 1.54) is 5.56 Å². The third-order valence-electron chi connectivity index (χ3n) is 7.65. The van der Waals surface area contributed by atoms with Crippen LogP contribution in [0.5, 0.6) is 0 Å². The monoisotopic (exact) mass is 701 g/mol. The number of hydrogen-bond acceptors (Lipinski definition) is 6. The molecule has 1 fully saturated rings. The van der Waals surface area contributed by atoms with Gasteiger partial charge in [-0.15, -0.1) is 0 Å². The first-order chi connectivity index (χ1) is 22.9. The number of carbonyl (C=O) groups is 1. The molecule has 8 heteroatoms. The van der Waals surface area contributed by atoms with Crippen molar-refractivity contribution in [2.24, 2.45) is 0 Å². The van der Waals surface area contributed by atoms with E-state index in [0.717, 1.165) is 52.7 Å². The number of allylic oxidation sites excluding steroid dienone is 1. The molecule has 0 amide bonds. The molecule has 1 heterocycles. The molecule has 248 valence electrons. The van der Waals surface area contributed by atoms with Crippen LogP contribution in [0.2, 0.25) is 0 Å². The predicted octanol–water partition coefficient (Wildman–Crippen LogP) is 9.08. The van der Waals surface area contributed by atoms with Gasteiger partial charge in [-0.2, -0.15) is 0 Å². The molecule has 0 aliphatic heterocycles. The number of oxazole rings is 1. The van der Waals surface area contributed by atoms with Gasteiger partial charge in [0, 0.05) is 10.9 Å². The highest BCUT2D eigenvalue weighted by molar-refractivity contribution is 9.09. The zero-order chi connectivity index (χ0) is 33.3. The number of carboxylic acids is 1. The summed E-state index contributed by atoms with van der Waals surface area (Å²) in [6.45, 7) is 4.52. The summed E-state index contributed by atoms with van der Waals surface area (Å²) in [6, 6.07) is 28.1. The summed E-state index contributed by atoms with van der Waals surface area (Å²) in [5, 5.41) is 10.5. The third-order valence-corrected chi connectivity index (χ3v) is 8.03. The van der Waals surface area contributed by atoms with Crippen molar-refractivity contribution in [2.75, 3.05) is 18.5 Å². The van der Waals surface area contributed by atoms with Crippen LogP contribution in [0, 0.1) is 13.8 Å². The van der Waals surface area contributed by atoms with Gasteiger partial charge in [-0.25, -0.2) is 9.78 Å². The first-order valence-corrected chi connectivity index (χ1v) is 17.1. The molecular formula is C39H44BrNO6. The maximum Gasteiger partial charge on any atom is 0.335 e. The number of ether oxygens (including phenoxy) is 3. The van der Waals surface area contributed by atoms with Crippen LogP contribution in [-0.2, 0) is 25.6 Å². The van der Waals surface area contributed by atoms with Crippen molar-refractivity contribution in [3.63, 3.8) is 0 Å². The Labute approximate surface area is 286 Å². The van der Waals surface area contributed by atoms with Crippen molar-refractivity contribution in [1.29, 1.82) is 0 Å². The zero-order valence-electron chi connectivity index (χ0n) is 27.1. The van der Waals surface area contributed by atoms with Crippen LogP contribution in [-0.4, -0.2) is 52.9 Å². The number of aryl methyl sites for hydroxylation is 2. The molecule has 1 aromatic heterocycles. The molecule has 7 nitrogen and oxygen atoms in total. The Morgan fingerprint density at radius 1 is 0.936 bits per heavy atom. The van der Waals surface area contributed by atoms with Crippen LogP contribution in [0.4, 0.5) is 0 Å². The van der Waals surface area contributed by atoms with Gasteiger partial charge in [0.2, 0.25) is 5.89 Å². The van der Waals surface area contributed by atoms with Gasteiger partial charge in [-0.3, -0.25) is 0 Å². The number of aliphatic carboxylic acids is 1. The molecular weight excluding hydrogens is 658 g/mol. The van der Waals surface area contributed by atoms with Crippen LogP contribution in [0.15, 0.2) is 101 Å². The standard InChI is InChI=1S/C30H35NO6.C9H9Br/c1-21-9-6-13-24(17-21)29-31-27(22(2)37-29)19-35-25-14-7-15-26(18-25)36-20-28(30(32)33)34-16-8-12-23-10-4-3-5-11-23;10-8-4-7-9-5-2-1-3-6-9/h3-6,8-13,17,25-26,28H,7,14-16,18-20H2,1-2H3,(H,32,33);1-7H,8H2/t25-,26+,28?;/m0./s1. The highest BCUT2D eigenvalue weighted by Gasteiger charge is 2.26. The van der Waals surface area contributed by atoms with E-state index in [1.807, 2.05) is 98.8 Å². The molecule has 0 saturated heterocycles. The maximum absolute atomic E-state index is 11.6. The summed E-state index contributed by atoms with van der Waals surface area (Å²) in [5.41, 5.74) is 5.18. The summed E-state index contributed by atoms with van der Waals surface area (Å²) < 4.78 is 23.6. The highest BCUT2D eigenvalue weighted by atomic mass is 79.9. The fourth-order valence-corrected chi connectivity index (χ4v) is 5.33. The molecule has 1 aliphatic rings. The number of benzene rings is 3. The summed E-state index contributed by atoms with van der Waals surface area (Å²) >= 11 is 3.32. The Bertz CT molecular complexity index is 1550. The van der Waals surface area contributed by atoms with E-state index in [1.54, 1.807) is 0 Å². The van der Waals surface area contributed by atoms with Crippen LogP contribution >= 0.6 is 15.9 Å². The minimum atomic E-state index is -1.03. The quantitative estimate of drug-likeness (QED) is 0.131. The lowest BCUT2D eigenvalue weighted by atomic mass is 9.95. The van der Waals surface area contributed by atoms with Crippen LogP contribution < -0.4 is 0 Å². The number of carboxylic acid groups (broad SMARTS) is 1. The first-order valence-electron chi connectivity index (χ1n) is 16.0. The molecule has 47 heavy (non-hydrogen) atoms. The van der Waals surface area contributed by atoms with Crippen LogP contribution in [0.1, 0.15) is 53.8 Å². The van der Waals surface area contributed by atoms with E-state index < -0.39 is 12.1 Å². The summed E-state index contributed by atoms with van der Waals surface area (Å²) in [5.74, 6) is 0.327. The SMILES string of the molecule is BrCC=Cc1ccccc1.Cc1cccc(-c2nc(CO[C@H]3CCC[C@@H](OCC(OCC=Cc4ccccc4)C(=O)O)C3)c(C)o2)c1. The van der Waals surface area contributed by atoms with Crippen molar-refractivity contribution >= 4 is 34.1 Å². The van der Waals surface area contributed by atoms with Gasteiger partial charge in [-0.05, 0) is 62.8 Å². The molecule has 3 atom stereocenters. The average molecular weight is 703 g/mol. The number of nitrogens with zero attached hydrogens (tertiary/aromatic N) is 1. The molecule has 1 aliphatic carbocycles. The van der Waals surface area contributed by atoms with E-state index in [-0.39, 0.29) is 25.4 Å². The molecule has 0 radical (unpaired) electrons. The van der Waals surface area contributed by atoms with Gasteiger partial charge in [0.15, 0.2) is 6.10 Å². The van der Waals surface area contributed by atoms with Crippen molar-refractivity contribution in [1.82, 2.24) is 4.98 Å². The van der Waals surface area contributed by atoms with Gasteiger partial charge < -0.3 is 23.7 Å². The van der Waals surface area contributed by atoms with Crippen molar-refractivity contribution in [2.45, 2.75) is 64.4 Å². The van der Waals surface area contributed by atoms with E-state index in [2.05, 4.69) is 45.2 Å². The van der Waals surface area contributed by atoms with Gasteiger partial charge >= 0.3 is 5.97 Å². The van der Waals surface area contributed by atoms with Crippen LogP contribution in [0.3, 0.4) is 0 Å². The normalized spacial score (nSPS) is 17.0. The Balaban J connectivity index is 0.000000427. The molecule has 4 aromatic rings. The Morgan fingerprint density at radius 2 is 1.60 bits per heavy atom. The van der Waals surface area contributed by atoms with E-state index >= 15 is 0 Å². The van der Waals surface area contributed by atoms with E-state index in [0.29, 0.717) is 18.9 Å². The smallest absolute Gasteiger partial charge is 0.335 e. The van der Waals surface area contributed by atoms with Gasteiger partial charge in [0.25, 0.3) is 0 Å². The highest BCUT2D eigenvalue weighted by Crippen LogP contribution is 2.27. The van der Waals surface area contributed by atoms with Crippen molar-refractivity contribution in [3.8, 4) is 11.5 Å². The number of halogens is 1. The molecule has 0 bridgehead atoms. The average Bonchev–Trinajstić information content (AvgIpc) is 3.47. The lowest BCUT2D eigenvalue weighted by Gasteiger charge is -2.29. The van der Waals surface area contributed by atoms with Crippen LogP contribution in [0.25, 0.3) is 23.6 Å². The van der Waals surface area contributed by atoms with Crippen molar-refractivity contribution in [3.05, 3.63) is 125 Å². The second-order valence-electron chi connectivity index (χ2n) is 11.4. The minimum absolute atomic E-state index is 0.00808. The molecule has 0 spiro atoms. The second kappa shape index (κ2) is 19.8. The largest absolute Gasteiger partial charge is 0.479 e. The van der Waals surface area contributed by atoms with Gasteiger partial charge in [0.1, 0.15) is 11.5 Å². The van der Waals surface area contributed by atoms with E-state index in [4.69, 9.17) is 18.6 Å². The molecule has 1 saturated carbocycles. The number of hydrogen-bond donors (Lipinski definition) is 1. The summed E-state index contributed by atoms with van der Waals surface area (Å²) in [7, 11) is 0. The molecule has 3 aromatic carbocycles. The maximum atomic E-state index is 11.6.